The highest BCUT2D eigenvalue weighted by Crippen LogP contribution is 2.37. The van der Waals surface area contributed by atoms with E-state index in [0.29, 0.717) is 11.3 Å². The molecule has 5 heteroatoms. The summed E-state index contributed by atoms with van der Waals surface area (Å²) in [6, 6.07) is 12.7. The van der Waals surface area contributed by atoms with Gasteiger partial charge in [-0.2, -0.15) is 8.42 Å². The fourth-order valence-corrected chi connectivity index (χ4v) is 4.52. The molecule has 1 aliphatic rings. The molecule has 0 aliphatic heterocycles. The average Bonchev–Trinajstić information content (AvgIpc) is 3.29. The number of benzene rings is 2. The summed E-state index contributed by atoms with van der Waals surface area (Å²) in [5, 5.41) is 1.62. The number of fused-ring (bicyclic) bond motifs is 1. The second-order valence-corrected chi connectivity index (χ2v) is 8.25. The van der Waals surface area contributed by atoms with E-state index >= 15 is 0 Å². The van der Waals surface area contributed by atoms with E-state index in [1.807, 2.05) is 30.3 Å². The Balaban J connectivity index is 1.88. The molecule has 1 saturated carbocycles. The molecular weight excluding hydrogens is 387 g/mol. The van der Waals surface area contributed by atoms with Crippen LogP contribution in [0.1, 0.15) is 12.8 Å². The molecule has 0 amide bonds. The molecule has 3 rings (SSSR count). The van der Waals surface area contributed by atoms with Crippen molar-refractivity contribution in [2.45, 2.75) is 21.7 Å². The van der Waals surface area contributed by atoms with E-state index in [1.54, 1.807) is 12.1 Å². The molecule has 3 nitrogen and oxygen atoms in total. The number of halogens is 1. The minimum atomic E-state index is -3.69. The molecule has 0 N–H and O–H groups in total. The third-order valence-electron chi connectivity index (χ3n) is 3.53. The van der Waals surface area contributed by atoms with Crippen molar-refractivity contribution in [2.75, 3.05) is 6.61 Å². The second kappa shape index (κ2) is 5.61. The fourth-order valence-electron chi connectivity index (χ4n) is 2.23. The molecule has 0 radical (unpaired) electrons. The van der Waals surface area contributed by atoms with Gasteiger partial charge in [0, 0.05) is 9.31 Å². The van der Waals surface area contributed by atoms with Gasteiger partial charge in [0.2, 0.25) is 0 Å². The predicted molar refractivity (Wildman–Crippen MR) is 87.6 cm³/mol. The van der Waals surface area contributed by atoms with Crippen molar-refractivity contribution in [3.05, 3.63) is 42.5 Å². The first-order valence-electron chi connectivity index (χ1n) is 6.59. The van der Waals surface area contributed by atoms with Crippen molar-refractivity contribution in [3.8, 4) is 0 Å². The van der Waals surface area contributed by atoms with E-state index in [1.165, 1.54) is 12.8 Å². The van der Waals surface area contributed by atoms with Crippen LogP contribution in [-0.2, 0) is 14.3 Å². The van der Waals surface area contributed by atoms with Crippen LogP contribution in [0.4, 0.5) is 0 Å². The van der Waals surface area contributed by atoms with Crippen molar-refractivity contribution in [2.24, 2.45) is 5.92 Å². The van der Waals surface area contributed by atoms with Crippen LogP contribution in [-0.4, -0.2) is 18.9 Å². The van der Waals surface area contributed by atoms with Crippen molar-refractivity contribution in [1.82, 2.24) is 0 Å². The molecule has 1 aliphatic carbocycles. The molecule has 0 bridgehead atoms. The molecule has 0 heterocycles. The monoisotopic (exact) mass is 402 g/mol. The molecule has 0 unspecified atom stereocenters. The van der Waals surface area contributed by atoms with Crippen molar-refractivity contribution >= 4 is 43.5 Å². The summed E-state index contributed by atoms with van der Waals surface area (Å²) in [6.07, 6.45) is 2.37. The van der Waals surface area contributed by atoms with Gasteiger partial charge in [-0.05, 0) is 30.2 Å². The molecule has 0 aromatic heterocycles. The molecule has 106 valence electrons. The highest BCUT2D eigenvalue weighted by Gasteiger charge is 2.31. The Morgan fingerprint density at radius 2 is 1.85 bits per heavy atom. The first-order valence-corrected chi connectivity index (χ1v) is 9.24. The van der Waals surface area contributed by atoms with Crippen LogP contribution in [0.2, 0.25) is 0 Å². The largest absolute Gasteiger partial charge is 0.297 e. The first-order chi connectivity index (χ1) is 9.58. The minimum Gasteiger partial charge on any atom is -0.265 e. The molecular formula is C15H15IO3S. The lowest BCUT2D eigenvalue weighted by molar-refractivity contribution is 0.315. The van der Waals surface area contributed by atoms with Gasteiger partial charge in [0.05, 0.1) is 6.61 Å². The van der Waals surface area contributed by atoms with E-state index in [9.17, 15) is 8.42 Å². The van der Waals surface area contributed by atoms with E-state index < -0.39 is 10.1 Å². The quantitative estimate of drug-likeness (QED) is 0.435. The highest BCUT2D eigenvalue weighted by atomic mass is 127. The second-order valence-electron chi connectivity index (χ2n) is 5.07. The third kappa shape index (κ3) is 2.99. The molecule has 1 fully saturated rings. The van der Waals surface area contributed by atoms with Crippen LogP contribution in [0.3, 0.4) is 0 Å². The maximum Gasteiger partial charge on any atom is 0.297 e. The zero-order valence-electron chi connectivity index (χ0n) is 10.8. The van der Waals surface area contributed by atoms with Gasteiger partial charge >= 0.3 is 0 Å². The van der Waals surface area contributed by atoms with Crippen LogP contribution in [0.5, 0.6) is 0 Å². The number of alkyl halides is 1. The molecule has 2 aromatic carbocycles. The zero-order valence-corrected chi connectivity index (χ0v) is 13.8. The Labute approximate surface area is 132 Å². The maximum atomic E-state index is 12.4. The van der Waals surface area contributed by atoms with Gasteiger partial charge in [-0.1, -0.05) is 59.0 Å². The summed E-state index contributed by atoms with van der Waals surface area (Å²) in [7, 11) is -3.69. The predicted octanol–water partition coefficient (Wildman–Crippen LogP) is 3.76. The van der Waals surface area contributed by atoms with Gasteiger partial charge in [0.25, 0.3) is 10.1 Å². The van der Waals surface area contributed by atoms with Crippen molar-refractivity contribution in [3.63, 3.8) is 0 Å². The molecule has 1 atom stereocenters. The summed E-state index contributed by atoms with van der Waals surface area (Å²) in [5.74, 6) is 0.623. The van der Waals surface area contributed by atoms with Crippen LogP contribution in [0.25, 0.3) is 10.8 Å². The summed E-state index contributed by atoms with van der Waals surface area (Å²) >= 11 is 2.28. The topological polar surface area (TPSA) is 43.4 Å². The van der Waals surface area contributed by atoms with Gasteiger partial charge in [-0.3, -0.25) is 4.18 Å². The Hall–Kier alpha value is -0.660. The number of hydrogen-bond acceptors (Lipinski definition) is 3. The van der Waals surface area contributed by atoms with Crippen LogP contribution in [0, 0.1) is 5.92 Å². The Kier molecular flexibility index (Phi) is 4.01. The summed E-state index contributed by atoms with van der Waals surface area (Å²) in [4.78, 5) is 0.259. The van der Waals surface area contributed by atoms with E-state index in [2.05, 4.69) is 22.6 Å². The van der Waals surface area contributed by atoms with Crippen LogP contribution < -0.4 is 0 Å². The first kappa shape index (κ1) is 14.3. The Morgan fingerprint density at radius 1 is 1.15 bits per heavy atom. The van der Waals surface area contributed by atoms with E-state index in [-0.39, 0.29) is 15.4 Å². The van der Waals surface area contributed by atoms with Crippen molar-refractivity contribution < 1.29 is 12.6 Å². The number of rotatable bonds is 5. The third-order valence-corrected chi connectivity index (χ3v) is 6.25. The summed E-state index contributed by atoms with van der Waals surface area (Å²) in [6.45, 7) is 0.261. The lowest BCUT2D eigenvalue weighted by Gasteiger charge is -2.11. The van der Waals surface area contributed by atoms with Crippen LogP contribution >= 0.6 is 22.6 Å². The molecule has 0 saturated heterocycles. The fraction of sp³-hybridized carbons (Fsp3) is 0.333. The lowest BCUT2D eigenvalue weighted by Crippen LogP contribution is -2.16. The lowest BCUT2D eigenvalue weighted by atomic mass is 10.1. The van der Waals surface area contributed by atoms with Gasteiger partial charge in [0.1, 0.15) is 4.90 Å². The van der Waals surface area contributed by atoms with Crippen molar-refractivity contribution in [1.29, 1.82) is 0 Å². The standard InChI is InChI=1S/C15H15IO3S/c16-14(12-8-9-12)10-19-20(17,18)15-7-3-5-11-4-1-2-6-13(11)15/h1-7,12,14H,8-10H2/t14-/m1/s1. The Morgan fingerprint density at radius 3 is 2.60 bits per heavy atom. The maximum absolute atomic E-state index is 12.4. The molecule has 0 spiro atoms. The summed E-state index contributed by atoms with van der Waals surface area (Å²) < 4.78 is 30.3. The van der Waals surface area contributed by atoms with Crippen LogP contribution in [0.15, 0.2) is 47.4 Å². The highest BCUT2D eigenvalue weighted by molar-refractivity contribution is 14.1. The van der Waals surface area contributed by atoms with E-state index in [4.69, 9.17) is 4.18 Å². The minimum absolute atomic E-state index is 0.259. The van der Waals surface area contributed by atoms with Gasteiger partial charge < -0.3 is 0 Å². The average molecular weight is 402 g/mol. The summed E-state index contributed by atoms with van der Waals surface area (Å²) in [5.41, 5.74) is 0. The normalized spacial score (nSPS) is 17.2. The van der Waals surface area contributed by atoms with Gasteiger partial charge in [-0.15, -0.1) is 0 Å². The SMILES string of the molecule is O=S(=O)(OC[C@@H](I)C1CC1)c1cccc2ccccc12. The van der Waals surface area contributed by atoms with Gasteiger partial charge in [-0.25, -0.2) is 0 Å². The zero-order chi connectivity index (χ0) is 14.2. The van der Waals surface area contributed by atoms with E-state index in [0.717, 1.165) is 5.39 Å². The van der Waals surface area contributed by atoms with Gasteiger partial charge in [0.15, 0.2) is 0 Å². The number of hydrogen-bond donors (Lipinski definition) is 0. The molecule has 20 heavy (non-hydrogen) atoms. The smallest absolute Gasteiger partial charge is 0.265 e. The molecule has 2 aromatic rings. The Bertz CT molecular complexity index is 717.